The molecule has 1 aliphatic rings. The number of hydrogen-bond donors (Lipinski definition) is 0. The van der Waals surface area contributed by atoms with Crippen molar-refractivity contribution in [2.75, 3.05) is 18.2 Å². The quantitative estimate of drug-likeness (QED) is 0.598. The Morgan fingerprint density at radius 2 is 2.24 bits per heavy atom. The number of hydrogen-bond acceptors (Lipinski definition) is 4. The summed E-state index contributed by atoms with van der Waals surface area (Å²) in [5, 5.41) is 12.5. The van der Waals surface area contributed by atoms with E-state index in [2.05, 4.69) is 13.8 Å². The number of nitro groups is 1. The Labute approximate surface area is 100 Å². The van der Waals surface area contributed by atoms with Crippen molar-refractivity contribution in [3.05, 3.63) is 33.9 Å². The van der Waals surface area contributed by atoms with E-state index in [0.29, 0.717) is 6.61 Å². The van der Waals surface area contributed by atoms with Crippen LogP contribution in [0.5, 0.6) is 0 Å². The van der Waals surface area contributed by atoms with Crippen LogP contribution in [0.2, 0.25) is 0 Å². The average Bonchev–Trinajstić information content (AvgIpc) is 2.51. The van der Waals surface area contributed by atoms with Crippen LogP contribution in [-0.4, -0.2) is 18.1 Å². The molecule has 0 unspecified atom stereocenters. The van der Waals surface area contributed by atoms with Gasteiger partial charge in [-0.25, -0.2) is 0 Å². The van der Waals surface area contributed by atoms with Crippen molar-refractivity contribution < 1.29 is 9.76 Å². The van der Waals surface area contributed by atoms with Crippen LogP contribution in [0.3, 0.4) is 0 Å². The van der Waals surface area contributed by atoms with E-state index >= 15 is 0 Å². The van der Waals surface area contributed by atoms with Crippen LogP contribution in [-0.2, 0) is 10.3 Å². The monoisotopic (exact) mass is 236 g/mol. The van der Waals surface area contributed by atoms with Gasteiger partial charge in [-0.15, -0.1) is 0 Å². The molecule has 1 aromatic carbocycles. The first-order valence-corrected chi connectivity index (χ1v) is 5.65. The molecule has 0 atom stereocenters. The molecule has 0 amide bonds. The molecule has 1 aromatic rings. The summed E-state index contributed by atoms with van der Waals surface area (Å²) in [5.74, 6) is 0. The smallest absolute Gasteiger partial charge is 0.271 e. The summed E-state index contributed by atoms with van der Waals surface area (Å²) < 4.78 is 0. The summed E-state index contributed by atoms with van der Waals surface area (Å²) in [4.78, 5) is 15.9. The lowest BCUT2D eigenvalue weighted by atomic mass is 9.87. The van der Waals surface area contributed by atoms with E-state index < -0.39 is 0 Å². The number of benzene rings is 1. The van der Waals surface area contributed by atoms with Crippen molar-refractivity contribution in [2.24, 2.45) is 0 Å². The fraction of sp³-hybridized carbons (Fsp3) is 0.500. The van der Waals surface area contributed by atoms with Crippen molar-refractivity contribution in [1.29, 1.82) is 0 Å². The van der Waals surface area contributed by atoms with Crippen molar-refractivity contribution in [1.82, 2.24) is 0 Å². The van der Waals surface area contributed by atoms with E-state index in [1.165, 1.54) is 0 Å². The molecule has 0 N–H and O–H groups in total. The minimum Gasteiger partial charge on any atom is -0.274 e. The number of nitro benzene ring substituents is 1. The van der Waals surface area contributed by atoms with Gasteiger partial charge in [-0.2, -0.15) is 0 Å². The summed E-state index contributed by atoms with van der Waals surface area (Å²) in [6.45, 7) is 7.39. The van der Waals surface area contributed by atoms with Gasteiger partial charge in [0.2, 0.25) is 0 Å². The van der Waals surface area contributed by atoms with Crippen LogP contribution in [0.15, 0.2) is 18.2 Å². The first kappa shape index (κ1) is 11.9. The zero-order valence-corrected chi connectivity index (χ0v) is 10.3. The lowest BCUT2D eigenvalue weighted by Gasteiger charge is -2.20. The van der Waals surface area contributed by atoms with Gasteiger partial charge in [0.25, 0.3) is 5.69 Å². The van der Waals surface area contributed by atoms with Crippen LogP contribution in [0, 0.1) is 10.1 Å². The molecule has 5 heteroatoms. The Hall–Kier alpha value is -1.62. The van der Waals surface area contributed by atoms with Gasteiger partial charge in [-0.05, 0) is 18.6 Å². The molecule has 5 nitrogen and oxygen atoms in total. The fourth-order valence-corrected chi connectivity index (χ4v) is 2.21. The maximum Gasteiger partial charge on any atom is 0.271 e. The summed E-state index contributed by atoms with van der Waals surface area (Å²) in [5.41, 5.74) is 1.97. The van der Waals surface area contributed by atoms with E-state index in [1.807, 2.05) is 13.0 Å². The third kappa shape index (κ3) is 1.98. The van der Waals surface area contributed by atoms with Gasteiger partial charge < -0.3 is 0 Å². The fourth-order valence-electron chi connectivity index (χ4n) is 2.21. The lowest BCUT2D eigenvalue weighted by Crippen LogP contribution is -2.28. The predicted molar refractivity (Wildman–Crippen MR) is 65.1 cm³/mol. The average molecular weight is 236 g/mol. The van der Waals surface area contributed by atoms with Crippen LogP contribution in [0.4, 0.5) is 11.4 Å². The zero-order valence-electron chi connectivity index (χ0n) is 10.3. The Balaban J connectivity index is 2.47. The molecule has 2 rings (SSSR count). The highest BCUT2D eigenvalue weighted by Crippen LogP contribution is 2.42. The molecule has 0 saturated carbocycles. The second-order valence-corrected chi connectivity index (χ2v) is 4.80. The second kappa shape index (κ2) is 4.00. The Kier molecular flexibility index (Phi) is 2.79. The summed E-state index contributed by atoms with van der Waals surface area (Å²) in [7, 11) is 0. The van der Waals surface area contributed by atoms with E-state index in [9.17, 15) is 10.1 Å². The number of non-ortho nitro benzene ring substituents is 1. The molecule has 1 heterocycles. The highest BCUT2D eigenvalue weighted by molar-refractivity contribution is 5.64. The summed E-state index contributed by atoms with van der Waals surface area (Å²) >= 11 is 0. The minimum absolute atomic E-state index is 0.0420. The van der Waals surface area contributed by atoms with Crippen LogP contribution >= 0.6 is 0 Å². The molecule has 0 bridgehead atoms. The van der Waals surface area contributed by atoms with Gasteiger partial charge >= 0.3 is 0 Å². The lowest BCUT2D eigenvalue weighted by molar-refractivity contribution is -0.384. The molecule has 0 spiro atoms. The second-order valence-electron chi connectivity index (χ2n) is 4.80. The number of fused-ring (bicyclic) bond motifs is 1. The van der Waals surface area contributed by atoms with E-state index in [1.54, 1.807) is 17.2 Å². The van der Waals surface area contributed by atoms with Gasteiger partial charge in [-0.1, -0.05) is 13.8 Å². The first-order chi connectivity index (χ1) is 7.95. The Morgan fingerprint density at radius 1 is 1.53 bits per heavy atom. The van der Waals surface area contributed by atoms with Gasteiger partial charge in [0.1, 0.15) is 0 Å². The molecule has 0 radical (unpaired) electrons. The zero-order chi connectivity index (χ0) is 12.6. The molecule has 0 aliphatic carbocycles. The van der Waals surface area contributed by atoms with E-state index in [4.69, 9.17) is 4.84 Å². The largest absolute Gasteiger partial charge is 0.274 e. The molecular formula is C12H16N2O3. The molecule has 0 fully saturated rings. The number of hydroxylamine groups is 1. The highest BCUT2D eigenvalue weighted by Gasteiger charge is 2.36. The van der Waals surface area contributed by atoms with Crippen LogP contribution in [0.25, 0.3) is 0 Å². The first-order valence-electron chi connectivity index (χ1n) is 5.65. The number of nitrogens with zero attached hydrogens (tertiary/aromatic N) is 2. The maximum absolute atomic E-state index is 10.8. The third-order valence-electron chi connectivity index (χ3n) is 3.01. The predicted octanol–water partition coefficient (Wildman–Crippen LogP) is 2.64. The summed E-state index contributed by atoms with van der Waals surface area (Å²) in [6.07, 6.45) is 0. The van der Waals surface area contributed by atoms with Crippen molar-refractivity contribution in [2.45, 2.75) is 26.2 Å². The molecule has 1 aliphatic heterocycles. The number of anilines is 1. The van der Waals surface area contributed by atoms with Gasteiger partial charge in [0, 0.05) is 17.5 Å². The molecule has 17 heavy (non-hydrogen) atoms. The third-order valence-corrected chi connectivity index (χ3v) is 3.01. The highest BCUT2D eigenvalue weighted by atomic mass is 16.7. The van der Waals surface area contributed by atoms with Gasteiger partial charge in [0.05, 0.1) is 23.8 Å². The van der Waals surface area contributed by atoms with Crippen molar-refractivity contribution in [3.63, 3.8) is 0 Å². The normalized spacial score (nSPS) is 17.0. The standard InChI is InChI=1S/C12H16N2O3/c1-4-17-13-8-12(2,3)10-6-5-9(14(15)16)7-11(10)13/h5-7H,4,8H2,1-3H3. The SMILES string of the molecule is CCON1CC(C)(C)c2ccc([N+](=O)[O-])cc21. The Bertz CT molecular complexity index is 457. The minimum atomic E-state index is -0.379. The Morgan fingerprint density at radius 3 is 2.82 bits per heavy atom. The summed E-state index contributed by atoms with van der Waals surface area (Å²) in [6, 6.07) is 4.96. The van der Waals surface area contributed by atoms with E-state index in [0.717, 1.165) is 17.8 Å². The molecule has 0 saturated heterocycles. The van der Waals surface area contributed by atoms with Crippen LogP contribution < -0.4 is 5.06 Å². The van der Waals surface area contributed by atoms with Gasteiger partial charge in [-0.3, -0.25) is 20.0 Å². The van der Waals surface area contributed by atoms with Gasteiger partial charge in [0.15, 0.2) is 0 Å². The van der Waals surface area contributed by atoms with Crippen molar-refractivity contribution >= 4 is 11.4 Å². The number of rotatable bonds is 3. The molecule has 0 aromatic heterocycles. The van der Waals surface area contributed by atoms with E-state index in [-0.39, 0.29) is 16.0 Å². The topological polar surface area (TPSA) is 55.6 Å². The molecular weight excluding hydrogens is 220 g/mol. The molecule has 92 valence electrons. The van der Waals surface area contributed by atoms with Crippen molar-refractivity contribution in [3.8, 4) is 0 Å². The maximum atomic E-state index is 10.8. The van der Waals surface area contributed by atoms with Crippen LogP contribution in [0.1, 0.15) is 26.3 Å².